The van der Waals surface area contributed by atoms with Crippen LogP contribution in [0, 0.1) is 0 Å². The van der Waals surface area contributed by atoms with Gasteiger partial charge in [0.1, 0.15) is 18.4 Å². The minimum atomic E-state index is -1.28. The summed E-state index contributed by atoms with van der Waals surface area (Å²) in [6.07, 6.45) is -1.91. The van der Waals surface area contributed by atoms with Gasteiger partial charge in [0.2, 0.25) is 0 Å². The molecule has 4 atom stereocenters. The molecule has 3 heterocycles. The molecule has 0 saturated carbocycles. The predicted molar refractivity (Wildman–Crippen MR) is 165 cm³/mol. The Morgan fingerprint density at radius 3 is 1.93 bits per heavy atom. The summed E-state index contributed by atoms with van der Waals surface area (Å²) in [5, 5.41) is 4.22. The molecule has 1 fully saturated rings. The Bertz CT molecular complexity index is 1930. The lowest BCUT2D eigenvalue weighted by Gasteiger charge is -2.25. The number of carbonyl (C=O) groups is 3. The Hall–Kier alpha value is -5.68. The van der Waals surface area contributed by atoms with Gasteiger partial charge in [-0.1, -0.05) is 71.3 Å². The zero-order valence-corrected chi connectivity index (χ0v) is 24.6. The first-order valence-corrected chi connectivity index (χ1v) is 14.4. The highest BCUT2D eigenvalue weighted by atomic mass is 35.5. The van der Waals surface area contributed by atoms with E-state index in [1.165, 1.54) is 23.0 Å². The van der Waals surface area contributed by atoms with Gasteiger partial charge in [-0.3, -0.25) is 0 Å². The zero-order valence-electron chi connectivity index (χ0n) is 23.9. The second-order valence-electron chi connectivity index (χ2n) is 10.1. The van der Waals surface area contributed by atoms with Gasteiger partial charge in [0.25, 0.3) is 0 Å². The van der Waals surface area contributed by atoms with Crippen LogP contribution in [-0.2, 0) is 18.9 Å². The van der Waals surface area contributed by atoms with Crippen LogP contribution in [-0.4, -0.2) is 52.4 Å². The van der Waals surface area contributed by atoms with Crippen molar-refractivity contribution in [3.8, 4) is 0 Å². The normalized spacial score (nSPS) is 18.8. The fraction of sp³-hybridized carbons (Fsp3) is 0.152. The molecule has 12 nitrogen and oxygen atoms in total. The molecule has 0 unspecified atom stereocenters. The molecule has 6 rings (SSSR count). The summed E-state index contributed by atoms with van der Waals surface area (Å²) >= 11 is 6.59. The van der Waals surface area contributed by atoms with E-state index in [0.717, 1.165) is 0 Å². The zero-order chi connectivity index (χ0) is 32.0. The van der Waals surface area contributed by atoms with Crippen LogP contribution in [0.1, 0.15) is 37.3 Å². The third-order valence-electron chi connectivity index (χ3n) is 7.25. The van der Waals surface area contributed by atoms with Gasteiger partial charge >= 0.3 is 17.9 Å². The van der Waals surface area contributed by atoms with Gasteiger partial charge in [-0.2, -0.15) is 0 Å². The van der Waals surface area contributed by atoms with Crippen LogP contribution in [0.5, 0.6) is 0 Å². The summed E-state index contributed by atoms with van der Waals surface area (Å²) < 4.78 is 25.5. The number of esters is 3. The fourth-order valence-corrected chi connectivity index (χ4v) is 5.41. The van der Waals surface area contributed by atoms with Gasteiger partial charge < -0.3 is 23.5 Å². The Balaban J connectivity index is 1.41. The maximum absolute atomic E-state index is 13.4. The summed E-state index contributed by atoms with van der Waals surface area (Å²) in [5.74, 6) is -2.06. The number of aromatic nitrogens is 2. The highest BCUT2D eigenvalue weighted by Crippen LogP contribution is 2.41. The average Bonchev–Trinajstić information content (AvgIpc) is 3.61. The van der Waals surface area contributed by atoms with E-state index in [-0.39, 0.29) is 34.1 Å². The molecule has 3 aromatic carbocycles. The van der Waals surface area contributed by atoms with Crippen molar-refractivity contribution in [2.75, 3.05) is 6.61 Å². The van der Waals surface area contributed by atoms with E-state index in [2.05, 4.69) is 15.0 Å². The van der Waals surface area contributed by atoms with Crippen molar-refractivity contribution in [2.45, 2.75) is 24.5 Å². The second kappa shape index (κ2) is 13.5. The lowest BCUT2D eigenvalue weighted by Crippen LogP contribution is -2.41. The first-order chi connectivity index (χ1) is 22.4. The van der Waals surface area contributed by atoms with Crippen molar-refractivity contribution < 1.29 is 33.3 Å². The highest BCUT2D eigenvalue weighted by Gasteiger charge is 2.52. The minimum Gasteiger partial charge on any atom is -0.459 e. The number of carbonyl (C=O) groups excluding carboxylic acids is 3. The van der Waals surface area contributed by atoms with Crippen molar-refractivity contribution in [1.82, 2.24) is 9.55 Å². The van der Waals surface area contributed by atoms with E-state index in [0.29, 0.717) is 10.9 Å². The molecule has 5 aromatic rings. The van der Waals surface area contributed by atoms with E-state index in [1.54, 1.807) is 91.0 Å². The van der Waals surface area contributed by atoms with Crippen LogP contribution >= 0.6 is 11.6 Å². The van der Waals surface area contributed by atoms with Gasteiger partial charge in [-0.05, 0) is 48.0 Å². The molecule has 2 aromatic heterocycles. The van der Waals surface area contributed by atoms with Gasteiger partial charge in [0.15, 0.2) is 18.4 Å². The molecule has 46 heavy (non-hydrogen) atoms. The maximum atomic E-state index is 13.4. The van der Waals surface area contributed by atoms with Gasteiger partial charge in [-0.25, -0.2) is 19.4 Å². The molecular weight excluding hydrogens is 614 g/mol. The van der Waals surface area contributed by atoms with Crippen molar-refractivity contribution in [2.24, 2.45) is 5.11 Å². The van der Waals surface area contributed by atoms with Crippen LogP contribution < -0.4 is 0 Å². The number of rotatable bonds is 9. The smallest absolute Gasteiger partial charge is 0.338 e. The number of pyridine rings is 1. The van der Waals surface area contributed by atoms with Crippen LogP contribution in [0.3, 0.4) is 0 Å². The van der Waals surface area contributed by atoms with Crippen LogP contribution in [0.25, 0.3) is 21.5 Å². The highest BCUT2D eigenvalue weighted by molar-refractivity contribution is 6.36. The van der Waals surface area contributed by atoms with Gasteiger partial charge in [0, 0.05) is 22.7 Å². The third kappa shape index (κ3) is 6.26. The van der Waals surface area contributed by atoms with Crippen LogP contribution in [0.4, 0.5) is 5.69 Å². The monoisotopic (exact) mass is 637 g/mol. The standard InChI is InChI=1S/C33H24ClN5O7/c34-23-18-39(29-26(23)24(37-38-35)16-17-36-29)30-28(46-33(42)22-14-8-3-9-15-22)27(45-32(41)21-12-6-2-7-13-21)25(44-30)19-43-31(40)20-10-4-1-5-11-20/h1-18,25,27-28,30H,19H2/t25-,27-,28-,30-/m1/s1. The van der Waals surface area contributed by atoms with Crippen molar-refractivity contribution in [3.05, 3.63) is 142 Å². The molecule has 1 aliphatic rings. The SMILES string of the molecule is [N-]=[N+]=Nc1ccnc2c1c(Cl)cn2[C@@H]1O[C@H](COC(=O)c2ccccc2)[C@@H](OC(=O)c2ccccc2)[C@H]1OC(=O)c1ccccc1. The summed E-state index contributed by atoms with van der Waals surface area (Å²) in [4.78, 5) is 47.0. The van der Waals surface area contributed by atoms with E-state index in [1.807, 2.05) is 0 Å². The Morgan fingerprint density at radius 2 is 1.37 bits per heavy atom. The van der Waals surface area contributed by atoms with E-state index in [4.69, 9.17) is 36.1 Å². The molecule has 230 valence electrons. The Morgan fingerprint density at radius 1 is 0.826 bits per heavy atom. The van der Waals surface area contributed by atoms with Crippen molar-refractivity contribution >= 4 is 46.2 Å². The number of benzene rings is 3. The number of hydrogen-bond acceptors (Lipinski definition) is 9. The lowest BCUT2D eigenvalue weighted by atomic mass is 10.1. The van der Waals surface area contributed by atoms with Crippen LogP contribution in [0.2, 0.25) is 5.02 Å². The number of nitrogens with zero attached hydrogens (tertiary/aromatic N) is 5. The Kier molecular flexibility index (Phi) is 8.93. The second-order valence-corrected chi connectivity index (χ2v) is 10.5. The van der Waals surface area contributed by atoms with E-state index >= 15 is 0 Å². The van der Waals surface area contributed by atoms with Crippen LogP contribution in [0.15, 0.2) is 115 Å². The third-order valence-corrected chi connectivity index (χ3v) is 7.54. The minimum absolute atomic E-state index is 0.180. The summed E-state index contributed by atoms with van der Waals surface area (Å²) in [6, 6.07) is 26.4. The summed E-state index contributed by atoms with van der Waals surface area (Å²) in [5.41, 5.74) is 10.3. The molecule has 1 aliphatic heterocycles. The van der Waals surface area contributed by atoms with Gasteiger partial charge in [0.05, 0.1) is 27.4 Å². The molecule has 0 amide bonds. The molecule has 0 bridgehead atoms. The molecule has 13 heteroatoms. The lowest BCUT2D eigenvalue weighted by molar-refractivity contribution is -0.0604. The Labute approximate surface area is 266 Å². The molecule has 0 spiro atoms. The molecule has 0 aliphatic carbocycles. The molecular formula is C33H24ClN5O7. The first-order valence-electron chi connectivity index (χ1n) is 14.0. The molecule has 0 radical (unpaired) electrons. The van der Waals surface area contributed by atoms with E-state index in [9.17, 15) is 14.4 Å². The molecule has 1 saturated heterocycles. The van der Waals surface area contributed by atoms with E-state index < -0.39 is 42.4 Å². The average molecular weight is 638 g/mol. The van der Waals surface area contributed by atoms with Gasteiger partial charge in [-0.15, -0.1) is 0 Å². The number of hydrogen-bond donors (Lipinski definition) is 0. The largest absolute Gasteiger partial charge is 0.459 e. The fourth-order valence-electron chi connectivity index (χ4n) is 5.12. The summed E-state index contributed by atoms with van der Waals surface area (Å²) in [7, 11) is 0. The predicted octanol–water partition coefficient (Wildman–Crippen LogP) is 6.84. The number of fused-ring (bicyclic) bond motifs is 1. The quantitative estimate of drug-likeness (QED) is 0.0559. The number of halogens is 1. The number of ether oxygens (including phenoxy) is 4. The molecule has 0 N–H and O–H groups in total. The van der Waals surface area contributed by atoms with Crippen molar-refractivity contribution in [1.29, 1.82) is 0 Å². The number of azide groups is 1. The summed E-state index contributed by atoms with van der Waals surface area (Å²) in [6.45, 7) is -0.360. The maximum Gasteiger partial charge on any atom is 0.338 e. The topological polar surface area (TPSA) is 155 Å². The van der Waals surface area contributed by atoms with Crippen molar-refractivity contribution in [3.63, 3.8) is 0 Å². The first kappa shape index (κ1) is 30.4.